The Bertz CT molecular complexity index is 602. The van der Waals surface area contributed by atoms with Gasteiger partial charge in [-0.15, -0.1) is 0 Å². The van der Waals surface area contributed by atoms with Gasteiger partial charge < -0.3 is 5.32 Å². The van der Waals surface area contributed by atoms with Gasteiger partial charge in [0.15, 0.2) is 0 Å². The number of halogens is 1. The summed E-state index contributed by atoms with van der Waals surface area (Å²) < 4.78 is 0. The van der Waals surface area contributed by atoms with Crippen molar-refractivity contribution in [1.82, 2.24) is 15.3 Å². The van der Waals surface area contributed by atoms with E-state index in [2.05, 4.69) is 21.4 Å². The van der Waals surface area contributed by atoms with Gasteiger partial charge in [-0.05, 0) is 56.5 Å². The molecule has 0 atom stereocenters. The van der Waals surface area contributed by atoms with Crippen LogP contribution in [0.3, 0.4) is 0 Å². The number of rotatable bonds is 2. The fourth-order valence-corrected chi connectivity index (χ4v) is 3.40. The topological polar surface area (TPSA) is 78.7 Å². The quantitative estimate of drug-likeness (QED) is 0.851. The highest BCUT2D eigenvalue weighted by atomic mass is 35.5. The maximum absolute atomic E-state index is 12.5. The van der Waals surface area contributed by atoms with E-state index in [1.165, 1.54) is 0 Å². The molecule has 1 fully saturated rings. The standard InChI is InChI=1S/C15H17ClN4O/c16-15-19-12-3-1-2-11(12)13(20-15)14(21)18-10-6-4-9(8-17)5-7-10/h9-10H,1-7H2,(H,18,21)/t9-,10-. The predicted molar refractivity (Wildman–Crippen MR) is 77.9 cm³/mol. The first-order valence-electron chi connectivity index (χ1n) is 7.43. The Kier molecular flexibility index (Phi) is 4.07. The van der Waals surface area contributed by atoms with Gasteiger partial charge in [-0.25, -0.2) is 9.97 Å². The summed E-state index contributed by atoms with van der Waals surface area (Å²) in [6, 6.07) is 2.43. The molecule has 110 valence electrons. The van der Waals surface area contributed by atoms with Gasteiger partial charge in [0.1, 0.15) is 5.69 Å². The number of hydrogen-bond donors (Lipinski definition) is 1. The number of aromatic nitrogens is 2. The molecule has 3 rings (SSSR count). The Morgan fingerprint density at radius 3 is 2.71 bits per heavy atom. The van der Waals surface area contributed by atoms with E-state index in [1.54, 1.807) is 0 Å². The molecule has 1 heterocycles. The third-order valence-corrected chi connectivity index (χ3v) is 4.53. The average molecular weight is 305 g/mol. The monoisotopic (exact) mass is 304 g/mol. The molecule has 0 saturated heterocycles. The molecule has 1 amide bonds. The number of carbonyl (C=O) groups excluding carboxylic acids is 1. The zero-order valence-corrected chi connectivity index (χ0v) is 12.5. The summed E-state index contributed by atoms with van der Waals surface area (Å²) in [6.45, 7) is 0. The Labute approximate surface area is 128 Å². The Hall–Kier alpha value is -1.67. The van der Waals surface area contributed by atoms with E-state index in [9.17, 15) is 4.79 Å². The molecule has 2 aliphatic carbocycles. The number of aryl methyl sites for hydroxylation is 1. The van der Waals surface area contributed by atoms with Crippen LogP contribution in [0.4, 0.5) is 0 Å². The van der Waals surface area contributed by atoms with Crippen molar-refractivity contribution in [2.24, 2.45) is 5.92 Å². The first-order valence-corrected chi connectivity index (χ1v) is 7.81. The smallest absolute Gasteiger partial charge is 0.270 e. The molecule has 0 unspecified atom stereocenters. The SMILES string of the molecule is N#C[C@H]1CC[C@H](NC(=O)c2nc(Cl)nc3c2CCC3)CC1. The predicted octanol–water partition coefficient (Wildman–Crippen LogP) is 2.43. The van der Waals surface area contributed by atoms with Crippen molar-refractivity contribution in [3.05, 3.63) is 22.2 Å². The van der Waals surface area contributed by atoms with Crippen molar-refractivity contribution in [3.8, 4) is 6.07 Å². The molecule has 6 heteroatoms. The van der Waals surface area contributed by atoms with Crippen LogP contribution in [0.25, 0.3) is 0 Å². The fraction of sp³-hybridized carbons (Fsp3) is 0.600. The number of nitrogens with zero attached hydrogens (tertiary/aromatic N) is 3. The number of carbonyl (C=O) groups is 1. The van der Waals surface area contributed by atoms with Gasteiger partial charge in [0.25, 0.3) is 5.91 Å². The molecule has 0 aliphatic heterocycles. The molecule has 0 radical (unpaired) electrons. The molecule has 0 bridgehead atoms. The highest BCUT2D eigenvalue weighted by molar-refractivity contribution is 6.28. The van der Waals surface area contributed by atoms with Gasteiger partial charge in [0.2, 0.25) is 5.28 Å². The second kappa shape index (κ2) is 5.98. The van der Waals surface area contributed by atoms with Gasteiger partial charge in [-0.2, -0.15) is 5.26 Å². The van der Waals surface area contributed by atoms with Crippen LogP contribution in [0.1, 0.15) is 53.8 Å². The number of hydrogen-bond acceptors (Lipinski definition) is 4. The Morgan fingerprint density at radius 1 is 1.24 bits per heavy atom. The summed E-state index contributed by atoms with van der Waals surface area (Å²) in [5, 5.41) is 12.1. The second-order valence-electron chi connectivity index (χ2n) is 5.77. The molecule has 1 saturated carbocycles. The molecule has 1 aromatic heterocycles. The number of nitrogens with one attached hydrogen (secondary N) is 1. The molecule has 5 nitrogen and oxygen atoms in total. The molecule has 1 N–H and O–H groups in total. The zero-order chi connectivity index (χ0) is 14.8. The molecule has 21 heavy (non-hydrogen) atoms. The lowest BCUT2D eigenvalue weighted by Crippen LogP contribution is -2.38. The van der Waals surface area contributed by atoms with Crippen LogP contribution in [0.5, 0.6) is 0 Å². The summed E-state index contributed by atoms with van der Waals surface area (Å²) in [7, 11) is 0. The van der Waals surface area contributed by atoms with Crippen molar-refractivity contribution in [2.45, 2.75) is 51.0 Å². The number of nitriles is 1. The van der Waals surface area contributed by atoms with Crippen LogP contribution < -0.4 is 5.32 Å². The van der Waals surface area contributed by atoms with Crippen molar-refractivity contribution in [3.63, 3.8) is 0 Å². The average Bonchev–Trinajstić information content (AvgIpc) is 2.95. The molecular formula is C15H17ClN4O. The van der Waals surface area contributed by atoms with Gasteiger partial charge in [-0.1, -0.05) is 0 Å². The maximum atomic E-state index is 12.5. The van der Waals surface area contributed by atoms with Crippen molar-refractivity contribution in [1.29, 1.82) is 5.26 Å². The van der Waals surface area contributed by atoms with Crippen LogP contribution in [-0.2, 0) is 12.8 Å². The third kappa shape index (κ3) is 3.01. The van der Waals surface area contributed by atoms with E-state index >= 15 is 0 Å². The minimum atomic E-state index is -0.155. The minimum Gasteiger partial charge on any atom is -0.348 e. The van der Waals surface area contributed by atoms with E-state index < -0.39 is 0 Å². The van der Waals surface area contributed by atoms with Crippen molar-refractivity contribution < 1.29 is 4.79 Å². The number of amides is 1. The highest BCUT2D eigenvalue weighted by Crippen LogP contribution is 2.26. The zero-order valence-electron chi connectivity index (χ0n) is 11.7. The second-order valence-corrected chi connectivity index (χ2v) is 6.11. The molecule has 0 spiro atoms. The molecule has 2 aliphatic rings. The van der Waals surface area contributed by atoms with Crippen LogP contribution in [0.15, 0.2) is 0 Å². The minimum absolute atomic E-state index is 0.132. The first-order chi connectivity index (χ1) is 10.2. The van der Waals surface area contributed by atoms with E-state index in [0.29, 0.717) is 5.69 Å². The van der Waals surface area contributed by atoms with Gasteiger partial charge in [0.05, 0.1) is 6.07 Å². The maximum Gasteiger partial charge on any atom is 0.270 e. The van der Waals surface area contributed by atoms with E-state index in [4.69, 9.17) is 16.9 Å². The highest BCUT2D eigenvalue weighted by Gasteiger charge is 2.26. The van der Waals surface area contributed by atoms with Gasteiger partial charge in [-0.3, -0.25) is 4.79 Å². The summed E-state index contributed by atoms with van der Waals surface area (Å²) >= 11 is 5.91. The molecule has 0 aromatic carbocycles. The Morgan fingerprint density at radius 2 is 2.00 bits per heavy atom. The van der Waals surface area contributed by atoms with Crippen LogP contribution in [-0.4, -0.2) is 21.9 Å². The summed E-state index contributed by atoms with van der Waals surface area (Å²) in [4.78, 5) is 20.8. The van der Waals surface area contributed by atoms with E-state index in [1.807, 2.05) is 0 Å². The first kappa shape index (κ1) is 14.3. The van der Waals surface area contributed by atoms with Crippen LogP contribution in [0.2, 0.25) is 5.28 Å². The summed E-state index contributed by atoms with van der Waals surface area (Å²) in [6.07, 6.45) is 6.11. The summed E-state index contributed by atoms with van der Waals surface area (Å²) in [5.74, 6) is -0.0197. The van der Waals surface area contributed by atoms with Crippen molar-refractivity contribution in [2.75, 3.05) is 0 Å². The third-order valence-electron chi connectivity index (χ3n) is 4.37. The lowest BCUT2D eigenvalue weighted by atomic mass is 9.87. The van der Waals surface area contributed by atoms with Gasteiger partial charge >= 0.3 is 0 Å². The molecular weight excluding hydrogens is 288 g/mol. The summed E-state index contributed by atoms with van der Waals surface area (Å²) in [5.41, 5.74) is 2.29. The lowest BCUT2D eigenvalue weighted by Gasteiger charge is -2.25. The van der Waals surface area contributed by atoms with Gasteiger partial charge in [0, 0.05) is 23.2 Å². The fourth-order valence-electron chi connectivity index (χ4n) is 3.21. The normalized spacial score (nSPS) is 24.2. The van der Waals surface area contributed by atoms with E-state index in [-0.39, 0.29) is 23.2 Å². The molecule has 1 aromatic rings. The van der Waals surface area contributed by atoms with Crippen LogP contribution >= 0.6 is 11.6 Å². The number of fused-ring (bicyclic) bond motifs is 1. The lowest BCUT2D eigenvalue weighted by molar-refractivity contribution is 0.0918. The Balaban J connectivity index is 1.71. The van der Waals surface area contributed by atoms with E-state index in [0.717, 1.165) is 56.2 Å². The largest absolute Gasteiger partial charge is 0.348 e. The van der Waals surface area contributed by atoms with Crippen molar-refractivity contribution >= 4 is 17.5 Å². The van der Waals surface area contributed by atoms with Crippen LogP contribution in [0, 0.1) is 17.2 Å².